The molecule has 0 aliphatic rings. The van der Waals surface area contributed by atoms with Crippen molar-refractivity contribution < 1.29 is 24.5 Å². The highest BCUT2D eigenvalue weighted by atomic mass is 16.5. The molecule has 0 aliphatic carbocycles. The van der Waals surface area contributed by atoms with E-state index in [1.165, 1.54) is 6.42 Å². The molecule has 5 nitrogen and oxygen atoms in total. The van der Waals surface area contributed by atoms with E-state index in [-0.39, 0.29) is 11.1 Å². The average Bonchev–Trinajstić information content (AvgIpc) is 2.71. The van der Waals surface area contributed by atoms with Crippen molar-refractivity contribution >= 4 is 44.3 Å². The lowest BCUT2D eigenvalue weighted by molar-refractivity contribution is 0.0655. The number of unbranched alkanes of at least 4 members (excludes halogenated alkanes) is 3. The largest absolute Gasteiger partial charge is 0.493 e. The van der Waals surface area contributed by atoms with E-state index in [4.69, 9.17) is 4.74 Å². The van der Waals surface area contributed by atoms with E-state index < -0.39 is 11.9 Å². The van der Waals surface area contributed by atoms with Crippen molar-refractivity contribution in [1.29, 1.82) is 0 Å². The summed E-state index contributed by atoms with van der Waals surface area (Å²) in [5.41, 5.74) is -0.348. The summed E-state index contributed by atoms with van der Waals surface area (Å²) in [5.74, 6) is -1.79. The second-order valence-corrected chi connectivity index (χ2v) is 7.27. The Morgan fingerprint density at radius 3 is 2.17 bits per heavy atom. The number of hydrogen-bond acceptors (Lipinski definition) is 3. The molecule has 0 aliphatic heterocycles. The van der Waals surface area contributed by atoms with Crippen LogP contribution >= 0.6 is 0 Å². The van der Waals surface area contributed by atoms with E-state index in [9.17, 15) is 19.8 Å². The molecule has 4 rings (SSSR count). The van der Waals surface area contributed by atoms with Gasteiger partial charge in [0.15, 0.2) is 0 Å². The van der Waals surface area contributed by atoms with Gasteiger partial charge in [-0.25, -0.2) is 9.59 Å². The van der Waals surface area contributed by atoms with Crippen molar-refractivity contribution in [2.45, 2.75) is 32.6 Å². The van der Waals surface area contributed by atoms with E-state index in [2.05, 4.69) is 6.92 Å². The van der Waals surface area contributed by atoms with Gasteiger partial charge in [-0.15, -0.1) is 0 Å². The number of ether oxygens (including phenoxy) is 1. The minimum Gasteiger partial charge on any atom is -0.493 e. The standard InChI is InChI=1S/C24H22O5/c1-2-3-4-5-13-29-18-12-11-17-20-15(18)10-9-14-7-6-8-16(19(14)20)21(23(25)26)22(17)24(27)28/h6-12H,2-5,13H2,1H3,(H,25,26)(H,27,28). The normalized spacial score (nSPS) is 11.5. The van der Waals surface area contributed by atoms with Crippen molar-refractivity contribution in [3.05, 3.63) is 53.6 Å². The number of carboxylic acid groups (broad SMARTS) is 2. The molecule has 0 amide bonds. The fourth-order valence-electron chi connectivity index (χ4n) is 4.16. The van der Waals surface area contributed by atoms with Crippen LogP contribution in [0.5, 0.6) is 5.75 Å². The van der Waals surface area contributed by atoms with E-state index in [0.29, 0.717) is 23.1 Å². The lowest BCUT2D eigenvalue weighted by Gasteiger charge is -2.18. The Balaban J connectivity index is 1.98. The van der Waals surface area contributed by atoms with Gasteiger partial charge in [-0.3, -0.25) is 0 Å². The zero-order valence-corrected chi connectivity index (χ0v) is 16.2. The smallest absolute Gasteiger partial charge is 0.337 e. The van der Waals surface area contributed by atoms with Crippen LogP contribution in [0.15, 0.2) is 42.5 Å². The molecule has 0 atom stereocenters. The first-order valence-corrected chi connectivity index (χ1v) is 9.87. The number of hydrogen-bond donors (Lipinski definition) is 2. The summed E-state index contributed by atoms with van der Waals surface area (Å²) in [6.07, 6.45) is 4.39. The van der Waals surface area contributed by atoms with Crippen LogP contribution in [0.2, 0.25) is 0 Å². The molecule has 4 aromatic rings. The Labute approximate surface area is 167 Å². The Kier molecular flexibility index (Phi) is 4.97. The highest BCUT2D eigenvalue weighted by Gasteiger charge is 2.26. The maximum absolute atomic E-state index is 12.0. The molecular weight excluding hydrogens is 368 g/mol. The fourth-order valence-corrected chi connectivity index (χ4v) is 4.16. The first-order chi connectivity index (χ1) is 14.0. The molecule has 5 heteroatoms. The predicted octanol–water partition coefficient (Wildman–Crippen LogP) is 5.94. The summed E-state index contributed by atoms with van der Waals surface area (Å²) in [5, 5.41) is 23.7. The summed E-state index contributed by atoms with van der Waals surface area (Å²) >= 11 is 0. The molecule has 0 saturated carbocycles. The number of rotatable bonds is 8. The topological polar surface area (TPSA) is 83.8 Å². The molecule has 0 aromatic heterocycles. The van der Waals surface area contributed by atoms with Gasteiger partial charge in [0.2, 0.25) is 0 Å². The van der Waals surface area contributed by atoms with Gasteiger partial charge in [-0.05, 0) is 46.2 Å². The van der Waals surface area contributed by atoms with Gasteiger partial charge in [0.05, 0.1) is 17.7 Å². The Bertz CT molecular complexity index is 1220. The summed E-state index contributed by atoms with van der Waals surface area (Å²) in [4.78, 5) is 24.0. The Hall–Kier alpha value is -3.34. The maximum atomic E-state index is 12.0. The Morgan fingerprint density at radius 1 is 0.793 bits per heavy atom. The molecule has 0 fully saturated rings. The van der Waals surface area contributed by atoms with E-state index in [0.717, 1.165) is 40.8 Å². The van der Waals surface area contributed by atoms with Crippen molar-refractivity contribution in [1.82, 2.24) is 0 Å². The maximum Gasteiger partial charge on any atom is 0.337 e. The van der Waals surface area contributed by atoms with Gasteiger partial charge in [0, 0.05) is 10.8 Å². The van der Waals surface area contributed by atoms with Crippen molar-refractivity contribution in [2.75, 3.05) is 6.61 Å². The fraction of sp³-hybridized carbons (Fsp3) is 0.250. The summed E-state index contributed by atoms with van der Waals surface area (Å²) in [6.45, 7) is 2.75. The van der Waals surface area contributed by atoms with E-state index in [1.54, 1.807) is 24.3 Å². The lowest BCUT2D eigenvalue weighted by Crippen LogP contribution is -2.10. The molecule has 148 valence electrons. The van der Waals surface area contributed by atoms with Crippen molar-refractivity contribution in [3.8, 4) is 5.75 Å². The third kappa shape index (κ3) is 3.12. The zero-order chi connectivity index (χ0) is 20.5. The molecule has 0 heterocycles. The molecule has 0 unspecified atom stereocenters. The third-order valence-corrected chi connectivity index (χ3v) is 5.45. The molecule has 0 radical (unpaired) electrons. The molecule has 4 aromatic carbocycles. The third-order valence-electron chi connectivity index (χ3n) is 5.45. The van der Waals surface area contributed by atoms with E-state index in [1.807, 2.05) is 18.2 Å². The minimum absolute atomic E-state index is 0.170. The quantitative estimate of drug-likeness (QED) is 0.287. The molecular formula is C24H22O5. The first-order valence-electron chi connectivity index (χ1n) is 9.87. The first kappa shape index (κ1) is 19.0. The highest BCUT2D eigenvalue weighted by Crippen LogP contribution is 2.42. The van der Waals surface area contributed by atoms with Gasteiger partial charge in [-0.2, -0.15) is 0 Å². The molecule has 0 saturated heterocycles. The molecule has 0 bridgehead atoms. The Morgan fingerprint density at radius 2 is 1.48 bits per heavy atom. The van der Waals surface area contributed by atoms with Gasteiger partial charge in [-0.1, -0.05) is 50.5 Å². The van der Waals surface area contributed by atoms with E-state index >= 15 is 0 Å². The van der Waals surface area contributed by atoms with Crippen LogP contribution in [-0.2, 0) is 0 Å². The van der Waals surface area contributed by atoms with Crippen molar-refractivity contribution in [2.24, 2.45) is 0 Å². The van der Waals surface area contributed by atoms with Gasteiger partial charge in [0.1, 0.15) is 5.75 Å². The summed E-state index contributed by atoms with van der Waals surface area (Å²) < 4.78 is 6.02. The van der Waals surface area contributed by atoms with Gasteiger partial charge in [0.25, 0.3) is 0 Å². The minimum atomic E-state index is -1.25. The summed E-state index contributed by atoms with van der Waals surface area (Å²) in [6, 6.07) is 12.6. The lowest BCUT2D eigenvalue weighted by atomic mass is 9.87. The van der Waals surface area contributed by atoms with Crippen LogP contribution in [0.4, 0.5) is 0 Å². The number of carboxylic acids is 2. The summed E-state index contributed by atoms with van der Waals surface area (Å²) in [7, 11) is 0. The zero-order valence-electron chi connectivity index (χ0n) is 16.2. The molecule has 2 N–H and O–H groups in total. The second-order valence-electron chi connectivity index (χ2n) is 7.27. The van der Waals surface area contributed by atoms with Gasteiger partial charge >= 0.3 is 11.9 Å². The molecule has 29 heavy (non-hydrogen) atoms. The van der Waals surface area contributed by atoms with Gasteiger partial charge < -0.3 is 14.9 Å². The highest BCUT2D eigenvalue weighted by molar-refractivity contribution is 6.32. The van der Waals surface area contributed by atoms with Crippen LogP contribution < -0.4 is 4.74 Å². The number of carbonyl (C=O) groups is 2. The second kappa shape index (κ2) is 7.59. The van der Waals surface area contributed by atoms with Crippen LogP contribution in [0.3, 0.4) is 0 Å². The number of aromatic carboxylic acids is 2. The van der Waals surface area contributed by atoms with Crippen LogP contribution in [0, 0.1) is 0 Å². The average molecular weight is 390 g/mol. The van der Waals surface area contributed by atoms with Crippen molar-refractivity contribution in [3.63, 3.8) is 0 Å². The molecule has 0 spiro atoms. The predicted molar refractivity (Wildman–Crippen MR) is 114 cm³/mol. The number of benzene rings is 4. The van der Waals surface area contributed by atoms with Crippen LogP contribution in [0.25, 0.3) is 32.3 Å². The van der Waals surface area contributed by atoms with Crippen LogP contribution in [-0.4, -0.2) is 28.8 Å². The van der Waals surface area contributed by atoms with Crippen LogP contribution in [0.1, 0.15) is 53.3 Å². The SMILES string of the molecule is CCCCCCOc1ccc2c(C(=O)O)c(C(=O)O)c3cccc4ccc1c2c43. The monoisotopic (exact) mass is 390 g/mol.